The van der Waals surface area contributed by atoms with Crippen molar-refractivity contribution in [2.75, 3.05) is 38.1 Å². The van der Waals surface area contributed by atoms with Crippen LogP contribution in [0.3, 0.4) is 0 Å². The molecule has 1 amide bonds. The van der Waals surface area contributed by atoms with Gasteiger partial charge in [-0.3, -0.25) is 4.79 Å². The van der Waals surface area contributed by atoms with Gasteiger partial charge in [-0.25, -0.2) is 0 Å². The molecule has 1 aliphatic carbocycles. The first-order chi connectivity index (χ1) is 17.8. The predicted molar refractivity (Wildman–Crippen MR) is 147 cm³/mol. The number of anilines is 1. The Morgan fingerprint density at radius 2 is 1.84 bits per heavy atom. The lowest BCUT2D eigenvalue weighted by Crippen LogP contribution is -2.43. The van der Waals surface area contributed by atoms with Crippen LogP contribution in [0.4, 0.5) is 5.69 Å². The molecule has 196 valence electrons. The van der Waals surface area contributed by atoms with Crippen LogP contribution in [0.5, 0.6) is 0 Å². The molecular formula is C29H38N6O2. The average molecular weight is 503 g/mol. The van der Waals surface area contributed by atoms with E-state index in [4.69, 9.17) is 4.52 Å². The van der Waals surface area contributed by atoms with Crippen LogP contribution < -0.4 is 15.5 Å². The molecule has 37 heavy (non-hydrogen) atoms. The minimum absolute atomic E-state index is 0.0323. The van der Waals surface area contributed by atoms with Gasteiger partial charge in [0.1, 0.15) is 0 Å². The molecule has 2 N–H and O–H groups in total. The molecule has 8 nitrogen and oxygen atoms in total. The molecule has 0 bridgehead atoms. The molecule has 0 fully saturated rings. The highest BCUT2D eigenvalue weighted by atomic mass is 16.5. The van der Waals surface area contributed by atoms with Crippen molar-refractivity contribution < 1.29 is 9.32 Å². The van der Waals surface area contributed by atoms with Gasteiger partial charge in [0.05, 0.1) is 13.1 Å². The monoisotopic (exact) mass is 502 g/mol. The predicted octanol–water partition coefficient (Wildman–Crippen LogP) is 3.58. The number of likely N-dealkylation sites (N-methyl/N-ethyl adjacent to an activating group) is 1. The first-order valence-electron chi connectivity index (χ1n) is 12.9. The zero-order valence-corrected chi connectivity index (χ0v) is 22.3. The maximum atomic E-state index is 12.9. The van der Waals surface area contributed by atoms with E-state index in [1.807, 2.05) is 24.3 Å². The number of rotatable bonds is 12. The van der Waals surface area contributed by atoms with Gasteiger partial charge in [0.15, 0.2) is 0 Å². The van der Waals surface area contributed by atoms with Crippen molar-refractivity contribution in [1.82, 2.24) is 25.7 Å². The molecule has 1 aromatic heterocycles. The topological polar surface area (TPSA) is 86.5 Å². The first-order valence-corrected chi connectivity index (χ1v) is 12.9. The third kappa shape index (κ3) is 6.98. The fourth-order valence-electron chi connectivity index (χ4n) is 4.69. The van der Waals surface area contributed by atoms with Gasteiger partial charge in [-0.05, 0) is 36.1 Å². The van der Waals surface area contributed by atoms with Crippen molar-refractivity contribution in [2.24, 2.45) is 0 Å². The molecule has 0 spiro atoms. The largest absolute Gasteiger partial charge is 0.373 e. The van der Waals surface area contributed by atoms with Crippen molar-refractivity contribution in [3.05, 3.63) is 77.8 Å². The molecule has 0 saturated carbocycles. The fourth-order valence-corrected chi connectivity index (χ4v) is 4.69. The zero-order valence-electron chi connectivity index (χ0n) is 22.3. The maximum Gasteiger partial charge on any atom is 0.239 e. The summed E-state index contributed by atoms with van der Waals surface area (Å²) in [5.41, 5.74) is 5.52. The van der Waals surface area contributed by atoms with E-state index in [2.05, 4.69) is 82.3 Å². The number of nitrogens with one attached hydrogen (secondary N) is 2. The van der Waals surface area contributed by atoms with Crippen LogP contribution in [-0.2, 0) is 17.6 Å². The number of nitrogens with zero attached hydrogens (tertiary/aromatic N) is 4. The lowest BCUT2D eigenvalue weighted by atomic mass is 10.1. The van der Waals surface area contributed by atoms with Gasteiger partial charge in [0, 0.05) is 56.1 Å². The molecule has 0 radical (unpaired) electrons. The van der Waals surface area contributed by atoms with Gasteiger partial charge in [-0.15, -0.1) is 0 Å². The summed E-state index contributed by atoms with van der Waals surface area (Å²) < 4.78 is 5.17. The molecular weight excluding hydrogens is 464 g/mol. The number of hydrogen-bond donors (Lipinski definition) is 2. The van der Waals surface area contributed by atoms with Crippen molar-refractivity contribution >= 4 is 11.6 Å². The van der Waals surface area contributed by atoms with Crippen LogP contribution in [0.15, 0.2) is 65.3 Å². The Hall–Kier alpha value is -3.65. The van der Waals surface area contributed by atoms with Crippen molar-refractivity contribution in [2.45, 2.75) is 45.7 Å². The van der Waals surface area contributed by atoms with Crippen LogP contribution in [0, 0.1) is 6.92 Å². The molecule has 0 saturated heterocycles. The molecule has 3 aromatic rings. The zero-order chi connectivity index (χ0) is 26.4. The number of aromatic nitrogens is 2. The van der Waals surface area contributed by atoms with Crippen LogP contribution in [-0.4, -0.2) is 66.3 Å². The Kier molecular flexibility index (Phi) is 8.61. The minimum Gasteiger partial charge on any atom is -0.373 e. The number of fused-ring (bicyclic) bond motifs is 1. The molecule has 4 rings (SSSR count). The molecule has 8 heteroatoms. The van der Waals surface area contributed by atoms with Gasteiger partial charge in [0.25, 0.3) is 0 Å². The standard InChI is InChI=1S/C29H38N6O2/c1-20(2)30-13-14-31-28(36)19-35(26-12-8-11-25(17-26)29-32-22(4)37-33-29)18-21(3)34(5)27-15-23-9-6-7-10-24(23)16-27/h6-12,17,20,27,30H,3,13-16,18-19H2,1-2,4-5H3,(H,31,36). The molecule has 0 aliphatic heterocycles. The van der Waals surface area contributed by atoms with Crippen LogP contribution in [0.25, 0.3) is 11.4 Å². The SMILES string of the molecule is C=C(CN(CC(=O)NCCNC(C)C)c1cccc(-c2noc(C)n2)c1)N(C)C1Cc2ccccc2C1. The van der Waals surface area contributed by atoms with E-state index in [1.54, 1.807) is 6.92 Å². The lowest BCUT2D eigenvalue weighted by Gasteiger charge is -2.33. The van der Waals surface area contributed by atoms with E-state index in [0.29, 0.717) is 36.9 Å². The number of carbonyl (C=O) groups is 1. The quantitative estimate of drug-likeness (QED) is 0.366. The van der Waals surface area contributed by atoms with E-state index in [9.17, 15) is 4.79 Å². The summed E-state index contributed by atoms with van der Waals surface area (Å²) in [4.78, 5) is 21.6. The Morgan fingerprint density at radius 1 is 1.11 bits per heavy atom. The second kappa shape index (κ2) is 12.1. The lowest BCUT2D eigenvalue weighted by molar-refractivity contribution is -0.119. The number of benzene rings is 2. The maximum absolute atomic E-state index is 12.9. The number of amides is 1. The summed E-state index contributed by atoms with van der Waals surface area (Å²) in [6.45, 7) is 12.4. The van der Waals surface area contributed by atoms with Crippen LogP contribution in [0.1, 0.15) is 30.9 Å². The number of aryl methyl sites for hydroxylation is 1. The second-order valence-corrected chi connectivity index (χ2v) is 10.0. The van der Waals surface area contributed by atoms with E-state index >= 15 is 0 Å². The first kappa shape index (κ1) is 26.4. The van der Waals surface area contributed by atoms with Crippen molar-refractivity contribution in [1.29, 1.82) is 0 Å². The van der Waals surface area contributed by atoms with Gasteiger partial charge in [0.2, 0.25) is 17.6 Å². The number of carbonyl (C=O) groups excluding carboxylic acids is 1. The molecule has 2 aromatic carbocycles. The normalized spacial score (nSPS) is 13.0. The molecule has 0 atom stereocenters. The third-order valence-electron chi connectivity index (χ3n) is 6.78. The summed E-state index contributed by atoms with van der Waals surface area (Å²) >= 11 is 0. The van der Waals surface area contributed by atoms with Gasteiger partial charge in [-0.1, -0.05) is 62.0 Å². The van der Waals surface area contributed by atoms with E-state index < -0.39 is 0 Å². The van der Waals surface area contributed by atoms with Crippen molar-refractivity contribution in [3.63, 3.8) is 0 Å². The molecule has 1 aliphatic rings. The van der Waals surface area contributed by atoms with Crippen LogP contribution >= 0.6 is 0 Å². The Morgan fingerprint density at radius 3 is 2.49 bits per heavy atom. The summed E-state index contributed by atoms with van der Waals surface area (Å²) in [7, 11) is 2.10. The van der Waals surface area contributed by atoms with E-state index in [0.717, 1.165) is 36.3 Å². The fraction of sp³-hybridized carbons (Fsp3) is 0.414. The highest BCUT2D eigenvalue weighted by Crippen LogP contribution is 2.28. The average Bonchev–Trinajstić information content (AvgIpc) is 3.52. The van der Waals surface area contributed by atoms with Crippen LogP contribution in [0.2, 0.25) is 0 Å². The van der Waals surface area contributed by atoms with Crippen molar-refractivity contribution in [3.8, 4) is 11.4 Å². The third-order valence-corrected chi connectivity index (χ3v) is 6.78. The Balaban J connectivity index is 1.48. The van der Waals surface area contributed by atoms with Gasteiger partial charge >= 0.3 is 0 Å². The second-order valence-electron chi connectivity index (χ2n) is 10.0. The molecule has 0 unspecified atom stereocenters. The van der Waals surface area contributed by atoms with E-state index in [-0.39, 0.29) is 12.5 Å². The molecule has 1 heterocycles. The highest BCUT2D eigenvalue weighted by molar-refractivity contribution is 5.82. The van der Waals surface area contributed by atoms with E-state index in [1.165, 1.54) is 11.1 Å². The minimum atomic E-state index is -0.0323. The van der Waals surface area contributed by atoms with Gasteiger partial charge < -0.3 is 25.0 Å². The Labute approximate surface area is 219 Å². The smallest absolute Gasteiger partial charge is 0.239 e. The summed E-state index contributed by atoms with van der Waals surface area (Å²) in [6.07, 6.45) is 2.00. The highest BCUT2D eigenvalue weighted by Gasteiger charge is 2.26. The summed E-state index contributed by atoms with van der Waals surface area (Å²) in [5, 5.41) is 10.4. The Bertz CT molecular complexity index is 1200. The summed E-state index contributed by atoms with van der Waals surface area (Å²) in [5.74, 6) is 1.01. The van der Waals surface area contributed by atoms with Gasteiger partial charge in [-0.2, -0.15) is 4.98 Å². The number of hydrogen-bond acceptors (Lipinski definition) is 7. The summed E-state index contributed by atoms with van der Waals surface area (Å²) in [6, 6.07) is 17.3.